The van der Waals surface area contributed by atoms with Gasteiger partial charge in [0.15, 0.2) is 0 Å². The molecule has 0 heterocycles. The highest BCUT2D eigenvalue weighted by atomic mass is 32.2. The summed E-state index contributed by atoms with van der Waals surface area (Å²) in [7, 11) is 0. The number of thioether (sulfide) groups is 1. The molecular formula is C6H12S2. The van der Waals surface area contributed by atoms with E-state index in [1.807, 2.05) is 6.92 Å². The third-order valence-electron chi connectivity index (χ3n) is 0.803. The second kappa shape index (κ2) is 5.57. The fourth-order valence-corrected chi connectivity index (χ4v) is 1.33. The number of hydrogen-bond donors (Lipinski definition) is 0. The van der Waals surface area contributed by atoms with Crippen LogP contribution in [0.25, 0.3) is 0 Å². The molecule has 0 aliphatic heterocycles. The Balaban J connectivity index is 2.82. The van der Waals surface area contributed by atoms with E-state index in [2.05, 4.69) is 6.92 Å². The quantitative estimate of drug-likeness (QED) is 0.446. The zero-order valence-corrected chi connectivity index (χ0v) is 7.07. The van der Waals surface area contributed by atoms with E-state index < -0.39 is 0 Å². The Morgan fingerprint density at radius 2 is 2.25 bits per heavy atom. The van der Waals surface area contributed by atoms with Gasteiger partial charge in [0.05, 0.1) is 0 Å². The molecule has 0 N–H and O–H groups in total. The molecule has 0 aliphatic carbocycles. The Hall–Kier alpha value is 0.440. The third kappa shape index (κ3) is 6.44. The number of unbranched alkanes of at least 4 members (excludes halogenated alkanes) is 1. The van der Waals surface area contributed by atoms with Gasteiger partial charge in [-0.25, -0.2) is 0 Å². The van der Waals surface area contributed by atoms with Gasteiger partial charge in [-0.3, -0.25) is 0 Å². The summed E-state index contributed by atoms with van der Waals surface area (Å²) in [5.41, 5.74) is 0. The summed E-state index contributed by atoms with van der Waals surface area (Å²) in [5, 5.41) is 0. The van der Waals surface area contributed by atoms with Crippen molar-refractivity contribution in [3.05, 3.63) is 0 Å². The first-order chi connectivity index (χ1) is 3.77. The molecule has 0 radical (unpaired) electrons. The van der Waals surface area contributed by atoms with Gasteiger partial charge in [-0.05, 0) is 19.1 Å². The number of hydrogen-bond acceptors (Lipinski definition) is 2. The van der Waals surface area contributed by atoms with Crippen molar-refractivity contribution in [2.75, 3.05) is 5.75 Å². The molecule has 0 amide bonds. The molecule has 0 atom stereocenters. The fourth-order valence-electron chi connectivity index (χ4n) is 0.360. The minimum Gasteiger partial charge on any atom is -0.119 e. The average Bonchev–Trinajstić information content (AvgIpc) is 1.66. The first-order valence-corrected chi connectivity index (χ1v) is 4.30. The van der Waals surface area contributed by atoms with Gasteiger partial charge in [-0.1, -0.05) is 25.6 Å². The van der Waals surface area contributed by atoms with E-state index in [-0.39, 0.29) is 0 Å². The summed E-state index contributed by atoms with van der Waals surface area (Å²) in [6, 6.07) is 0. The molecule has 0 spiro atoms. The minimum atomic E-state index is 1.07. The predicted molar refractivity (Wildman–Crippen MR) is 45.6 cm³/mol. The van der Waals surface area contributed by atoms with Gasteiger partial charge < -0.3 is 0 Å². The zero-order chi connectivity index (χ0) is 6.41. The Bertz CT molecular complexity index is 68.9. The second-order valence-corrected chi connectivity index (χ2v) is 3.87. The topological polar surface area (TPSA) is 0 Å². The molecule has 0 aliphatic rings. The van der Waals surface area contributed by atoms with Gasteiger partial charge in [-0.15, -0.1) is 11.8 Å². The van der Waals surface area contributed by atoms with Gasteiger partial charge in [0.2, 0.25) is 0 Å². The molecule has 48 valence electrons. The SMILES string of the molecule is CCCCSC(C)=S. The van der Waals surface area contributed by atoms with Crippen molar-refractivity contribution < 1.29 is 0 Å². The van der Waals surface area contributed by atoms with Gasteiger partial charge in [-0.2, -0.15) is 0 Å². The lowest BCUT2D eigenvalue weighted by Crippen LogP contribution is -1.81. The van der Waals surface area contributed by atoms with Crippen LogP contribution in [0.5, 0.6) is 0 Å². The Labute approximate surface area is 61.0 Å². The Morgan fingerprint density at radius 1 is 1.62 bits per heavy atom. The third-order valence-corrected chi connectivity index (χ3v) is 2.06. The summed E-state index contributed by atoms with van der Waals surface area (Å²) in [4.78, 5) is 0. The van der Waals surface area contributed by atoms with Crippen LogP contribution in [-0.2, 0) is 0 Å². The fraction of sp³-hybridized carbons (Fsp3) is 0.833. The smallest absolute Gasteiger partial charge is 0.0447 e. The molecule has 0 saturated heterocycles. The first kappa shape index (κ1) is 8.44. The van der Waals surface area contributed by atoms with Crippen molar-refractivity contribution in [2.24, 2.45) is 0 Å². The van der Waals surface area contributed by atoms with E-state index in [4.69, 9.17) is 12.2 Å². The van der Waals surface area contributed by atoms with Crippen molar-refractivity contribution >= 4 is 28.2 Å². The van der Waals surface area contributed by atoms with E-state index in [1.165, 1.54) is 18.6 Å². The highest BCUT2D eigenvalue weighted by Gasteiger charge is 1.86. The minimum absolute atomic E-state index is 1.07. The molecule has 0 unspecified atom stereocenters. The second-order valence-electron chi connectivity index (χ2n) is 1.69. The van der Waals surface area contributed by atoms with E-state index >= 15 is 0 Å². The molecule has 8 heavy (non-hydrogen) atoms. The van der Waals surface area contributed by atoms with E-state index in [1.54, 1.807) is 11.8 Å². The monoisotopic (exact) mass is 148 g/mol. The molecular weight excluding hydrogens is 136 g/mol. The van der Waals surface area contributed by atoms with Crippen LogP contribution in [0.15, 0.2) is 0 Å². The normalized spacial score (nSPS) is 9.25. The summed E-state index contributed by atoms with van der Waals surface area (Å²) < 4.78 is 1.07. The average molecular weight is 148 g/mol. The van der Waals surface area contributed by atoms with E-state index in [9.17, 15) is 0 Å². The van der Waals surface area contributed by atoms with Crippen molar-refractivity contribution in [1.29, 1.82) is 0 Å². The van der Waals surface area contributed by atoms with Crippen molar-refractivity contribution in [3.8, 4) is 0 Å². The van der Waals surface area contributed by atoms with Gasteiger partial charge in [0, 0.05) is 4.20 Å². The zero-order valence-electron chi connectivity index (χ0n) is 5.44. The van der Waals surface area contributed by atoms with Crippen molar-refractivity contribution in [2.45, 2.75) is 26.7 Å². The molecule has 0 nitrogen and oxygen atoms in total. The van der Waals surface area contributed by atoms with Crippen molar-refractivity contribution in [3.63, 3.8) is 0 Å². The van der Waals surface area contributed by atoms with Crippen LogP contribution in [0, 0.1) is 0 Å². The van der Waals surface area contributed by atoms with E-state index in [0.717, 1.165) is 4.20 Å². The maximum Gasteiger partial charge on any atom is 0.0447 e. The van der Waals surface area contributed by atoms with Gasteiger partial charge in [0.1, 0.15) is 0 Å². The van der Waals surface area contributed by atoms with Gasteiger partial charge in [0.25, 0.3) is 0 Å². The number of rotatable bonds is 3. The Kier molecular flexibility index (Phi) is 5.88. The molecule has 0 rings (SSSR count). The van der Waals surface area contributed by atoms with Crippen LogP contribution in [0.2, 0.25) is 0 Å². The highest BCUT2D eigenvalue weighted by molar-refractivity contribution is 8.23. The molecule has 0 aromatic carbocycles. The lowest BCUT2D eigenvalue weighted by molar-refractivity contribution is 0.898. The summed E-state index contributed by atoms with van der Waals surface area (Å²) >= 11 is 6.66. The maximum absolute atomic E-state index is 4.87. The Morgan fingerprint density at radius 3 is 2.62 bits per heavy atom. The van der Waals surface area contributed by atoms with Crippen LogP contribution in [-0.4, -0.2) is 9.95 Å². The summed E-state index contributed by atoms with van der Waals surface area (Å²) in [6.45, 7) is 4.18. The predicted octanol–water partition coefficient (Wildman–Crippen LogP) is 2.87. The van der Waals surface area contributed by atoms with Crippen LogP contribution >= 0.6 is 24.0 Å². The molecule has 0 bridgehead atoms. The van der Waals surface area contributed by atoms with Crippen LogP contribution in [0.4, 0.5) is 0 Å². The van der Waals surface area contributed by atoms with Gasteiger partial charge >= 0.3 is 0 Å². The van der Waals surface area contributed by atoms with Crippen LogP contribution < -0.4 is 0 Å². The molecule has 0 saturated carbocycles. The number of thiocarbonyl (C=S) groups is 1. The molecule has 0 aromatic rings. The largest absolute Gasteiger partial charge is 0.119 e. The van der Waals surface area contributed by atoms with Crippen molar-refractivity contribution in [1.82, 2.24) is 0 Å². The molecule has 0 aromatic heterocycles. The standard InChI is InChI=1S/C6H12S2/c1-3-4-5-8-6(2)7/h3-5H2,1-2H3. The lowest BCUT2D eigenvalue weighted by Gasteiger charge is -1.93. The lowest BCUT2D eigenvalue weighted by atomic mass is 10.4. The van der Waals surface area contributed by atoms with Crippen LogP contribution in [0.1, 0.15) is 26.7 Å². The summed E-state index contributed by atoms with van der Waals surface area (Å²) in [5.74, 6) is 1.20. The van der Waals surface area contributed by atoms with Crippen LogP contribution in [0.3, 0.4) is 0 Å². The highest BCUT2D eigenvalue weighted by Crippen LogP contribution is 2.05. The molecule has 0 fully saturated rings. The van der Waals surface area contributed by atoms with E-state index in [0.29, 0.717) is 0 Å². The molecule has 2 heteroatoms. The first-order valence-electron chi connectivity index (χ1n) is 2.90. The maximum atomic E-state index is 4.87. The summed E-state index contributed by atoms with van der Waals surface area (Å²) in [6.07, 6.45) is 2.56.